The van der Waals surface area contributed by atoms with Gasteiger partial charge in [-0.3, -0.25) is 4.79 Å². The van der Waals surface area contributed by atoms with Gasteiger partial charge < -0.3 is 15.5 Å². The largest absolute Gasteiger partial charge is 0.363 e. The lowest BCUT2D eigenvalue weighted by atomic mass is 9.85. The molecule has 1 aromatic heterocycles. The lowest BCUT2D eigenvalue weighted by molar-refractivity contribution is -0.126. The summed E-state index contributed by atoms with van der Waals surface area (Å²) in [5, 5.41) is 6.66. The molecule has 2 aromatic rings. The first-order valence-electron chi connectivity index (χ1n) is 10.5. The van der Waals surface area contributed by atoms with Crippen molar-refractivity contribution < 1.29 is 4.79 Å². The van der Waals surface area contributed by atoms with Crippen molar-refractivity contribution in [1.29, 1.82) is 0 Å². The third kappa shape index (κ3) is 5.68. The first-order valence-corrected chi connectivity index (χ1v) is 10.5. The molecular weight excluding hydrogens is 362 g/mol. The van der Waals surface area contributed by atoms with E-state index < -0.39 is 0 Å². The molecule has 6 nitrogen and oxygen atoms in total. The molecule has 29 heavy (non-hydrogen) atoms. The number of amides is 1. The normalized spacial score (nSPS) is 20.0. The molecule has 0 saturated heterocycles. The van der Waals surface area contributed by atoms with Crippen LogP contribution in [0, 0.1) is 19.8 Å². The molecule has 0 bridgehead atoms. The molecule has 3 rings (SSSR count). The summed E-state index contributed by atoms with van der Waals surface area (Å²) in [7, 11) is 3.96. The van der Waals surface area contributed by atoms with Gasteiger partial charge in [-0.15, -0.1) is 0 Å². The van der Waals surface area contributed by atoms with Crippen LogP contribution in [0.4, 0.5) is 11.8 Å². The second-order valence-corrected chi connectivity index (χ2v) is 8.42. The van der Waals surface area contributed by atoms with Crippen molar-refractivity contribution in [2.75, 3.05) is 24.3 Å². The molecule has 1 atom stereocenters. The maximum Gasteiger partial charge on any atom is 0.225 e. The predicted octanol–water partition coefficient (Wildman–Crippen LogP) is 4.01. The Morgan fingerprint density at radius 1 is 1.07 bits per heavy atom. The van der Waals surface area contributed by atoms with Crippen LogP contribution < -0.4 is 15.5 Å². The lowest BCUT2D eigenvalue weighted by Crippen LogP contribution is -2.37. The zero-order chi connectivity index (χ0) is 21.0. The Bertz CT molecular complexity index is 826. The lowest BCUT2D eigenvalue weighted by Gasteiger charge is -2.29. The van der Waals surface area contributed by atoms with E-state index >= 15 is 0 Å². The zero-order valence-electron chi connectivity index (χ0n) is 18.2. The first kappa shape index (κ1) is 21.1. The van der Waals surface area contributed by atoms with Crippen molar-refractivity contribution in [3.63, 3.8) is 0 Å². The van der Waals surface area contributed by atoms with Crippen molar-refractivity contribution in [2.24, 2.45) is 5.92 Å². The fourth-order valence-corrected chi connectivity index (χ4v) is 3.80. The van der Waals surface area contributed by atoms with Gasteiger partial charge in [0.2, 0.25) is 11.9 Å². The van der Waals surface area contributed by atoms with Gasteiger partial charge in [-0.25, -0.2) is 4.98 Å². The molecule has 1 aromatic carbocycles. The van der Waals surface area contributed by atoms with Gasteiger partial charge in [0, 0.05) is 37.8 Å². The molecular formula is C23H33N5O. The Morgan fingerprint density at radius 3 is 2.34 bits per heavy atom. The summed E-state index contributed by atoms with van der Waals surface area (Å²) in [4.78, 5) is 23.8. The smallest absolute Gasteiger partial charge is 0.225 e. The Morgan fingerprint density at radius 2 is 1.72 bits per heavy atom. The van der Waals surface area contributed by atoms with Crippen LogP contribution >= 0.6 is 0 Å². The third-order valence-electron chi connectivity index (χ3n) is 5.67. The average Bonchev–Trinajstić information content (AvgIpc) is 2.68. The van der Waals surface area contributed by atoms with Gasteiger partial charge in [-0.2, -0.15) is 4.98 Å². The molecule has 156 valence electrons. The number of aryl methyl sites for hydroxylation is 2. The molecule has 0 radical (unpaired) electrons. The van der Waals surface area contributed by atoms with E-state index in [1.54, 1.807) is 0 Å². The molecule has 2 N–H and O–H groups in total. The highest BCUT2D eigenvalue weighted by molar-refractivity contribution is 5.79. The molecule has 1 amide bonds. The SMILES string of the molecule is Cc1ccc([C@H](C)NC(=O)C2CCC(Nc3nc(C)cc(N(C)C)n3)CC2)cc1. The monoisotopic (exact) mass is 395 g/mol. The minimum Gasteiger partial charge on any atom is -0.363 e. The summed E-state index contributed by atoms with van der Waals surface area (Å²) < 4.78 is 0. The van der Waals surface area contributed by atoms with E-state index in [1.165, 1.54) is 5.56 Å². The second-order valence-electron chi connectivity index (χ2n) is 8.42. The maximum absolute atomic E-state index is 12.7. The third-order valence-corrected chi connectivity index (χ3v) is 5.67. The number of hydrogen-bond donors (Lipinski definition) is 2. The van der Waals surface area contributed by atoms with Crippen LogP contribution in [0.15, 0.2) is 30.3 Å². The van der Waals surface area contributed by atoms with Gasteiger partial charge in [0.1, 0.15) is 5.82 Å². The fourth-order valence-electron chi connectivity index (χ4n) is 3.80. The summed E-state index contributed by atoms with van der Waals surface area (Å²) in [5.74, 6) is 1.82. The molecule has 1 fully saturated rings. The van der Waals surface area contributed by atoms with Crippen LogP contribution in [0.5, 0.6) is 0 Å². The summed E-state index contributed by atoms with van der Waals surface area (Å²) in [6.07, 6.45) is 3.67. The molecule has 1 heterocycles. The number of carbonyl (C=O) groups is 1. The van der Waals surface area contributed by atoms with E-state index in [-0.39, 0.29) is 17.9 Å². The topological polar surface area (TPSA) is 70.2 Å². The van der Waals surface area contributed by atoms with Crippen LogP contribution in [0.3, 0.4) is 0 Å². The van der Waals surface area contributed by atoms with Crippen LogP contribution in [-0.2, 0) is 4.79 Å². The molecule has 6 heteroatoms. The number of rotatable bonds is 6. The van der Waals surface area contributed by atoms with Gasteiger partial charge in [0.15, 0.2) is 0 Å². The van der Waals surface area contributed by atoms with Crippen molar-refractivity contribution in [3.05, 3.63) is 47.2 Å². The van der Waals surface area contributed by atoms with Crippen LogP contribution in [0.2, 0.25) is 0 Å². The number of nitrogens with one attached hydrogen (secondary N) is 2. The van der Waals surface area contributed by atoms with Crippen LogP contribution in [0.1, 0.15) is 55.5 Å². The van der Waals surface area contributed by atoms with Gasteiger partial charge in [0.25, 0.3) is 0 Å². The highest BCUT2D eigenvalue weighted by atomic mass is 16.1. The van der Waals surface area contributed by atoms with E-state index in [9.17, 15) is 4.79 Å². The standard InChI is InChI=1S/C23H33N5O/c1-15-6-8-18(9-7-15)17(3)25-22(29)19-10-12-20(13-11-19)26-23-24-16(2)14-21(27-23)28(4)5/h6-9,14,17,19-20H,10-13H2,1-5H3,(H,25,29)(H,24,26,27)/t17-,19?,20?/m0/s1. The van der Waals surface area contributed by atoms with E-state index in [0.717, 1.165) is 42.8 Å². The summed E-state index contributed by atoms with van der Waals surface area (Å²) in [6, 6.07) is 10.7. The number of hydrogen-bond acceptors (Lipinski definition) is 5. The summed E-state index contributed by atoms with van der Waals surface area (Å²) in [6.45, 7) is 6.10. The molecule has 1 aliphatic carbocycles. The summed E-state index contributed by atoms with van der Waals surface area (Å²) >= 11 is 0. The van der Waals surface area contributed by atoms with Crippen LogP contribution in [-0.4, -0.2) is 36.0 Å². The minimum absolute atomic E-state index is 0.0316. The van der Waals surface area contributed by atoms with Gasteiger partial charge in [-0.1, -0.05) is 29.8 Å². The first-order chi connectivity index (χ1) is 13.8. The summed E-state index contributed by atoms with van der Waals surface area (Å²) in [5.41, 5.74) is 3.32. The molecule has 0 spiro atoms. The van der Waals surface area contributed by atoms with Gasteiger partial charge in [-0.05, 0) is 52.0 Å². The Hall–Kier alpha value is -2.63. The predicted molar refractivity (Wildman–Crippen MR) is 118 cm³/mol. The van der Waals surface area contributed by atoms with E-state index in [4.69, 9.17) is 0 Å². The van der Waals surface area contributed by atoms with Gasteiger partial charge >= 0.3 is 0 Å². The fraction of sp³-hybridized carbons (Fsp3) is 0.522. The molecule has 0 unspecified atom stereocenters. The highest BCUT2D eigenvalue weighted by Crippen LogP contribution is 2.27. The Labute approximate surface area is 174 Å². The minimum atomic E-state index is 0.0316. The second kappa shape index (κ2) is 9.25. The van der Waals surface area contributed by atoms with E-state index in [0.29, 0.717) is 12.0 Å². The number of aromatic nitrogens is 2. The number of nitrogens with zero attached hydrogens (tertiary/aromatic N) is 3. The average molecular weight is 396 g/mol. The quantitative estimate of drug-likeness (QED) is 0.773. The Kier molecular flexibility index (Phi) is 6.72. The molecule has 1 aliphatic rings. The number of carbonyl (C=O) groups excluding carboxylic acids is 1. The van der Waals surface area contributed by atoms with Crippen molar-refractivity contribution in [3.8, 4) is 0 Å². The van der Waals surface area contributed by atoms with Crippen molar-refractivity contribution >= 4 is 17.7 Å². The van der Waals surface area contributed by atoms with E-state index in [1.807, 2.05) is 38.9 Å². The molecule has 1 saturated carbocycles. The van der Waals surface area contributed by atoms with E-state index in [2.05, 4.69) is 51.8 Å². The highest BCUT2D eigenvalue weighted by Gasteiger charge is 2.27. The van der Waals surface area contributed by atoms with Crippen molar-refractivity contribution in [1.82, 2.24) is 15.3 Å². The number of benzene rings is 1. The maximum atomic E-state index is 12.7. The van der Waals surface area contributed by atoms with Gasteiger partial charge in [0.05, 0.1) is 6.04 Å². The Balaban J connectivity index is 1.51. The number of anilines is 2. The van der Waals surface area contributed by atoms with Crippen molar-refractivity contribution in [2.45, 2.75) is 58.5 Å². The zero-order valence-corrected chi connectivity index (χ0v) is 18.2. The molecule has 0 aliphatic heterocycles. The van der Waals surface area contributed by atoms with Crippen LogP contribution in [0.25, 0.3) is 0 Å².